The van der Waals surface area contributed by atoms with Gasteiger partial charge in [0.15, 0.2) is 4.67 Å². The fourth-order valence-corrected chi connectivity index (χ4v) is 2.23. The average molecular weight is 272 g/mol. The van der Waals surface area contributed by atoms with Crippen LogP contribution in [0.5, 0.6) is 0 Å². The minimum absolute atomic E-state index is 0.256. The highest BCUT2D eigenvalue weighted by atomic mass is 79.9. The van der Waals surface area contributed by atoms with Gasteiger partial charge in [-0.3, -0.25) is 4.79 Å². The molecule has 2 rings (SSSR count). The van der Waals surface area contributed by atoms with Gasteiger partial charge in [-0.2, -0.15) is 0 Å². The second-order valence-electron chi connectivity index (χ2n) is 4.17. The SMILES string of the molecule is CC1CCN(Cc2coc(Br)c2)C(=O)C1. The van der Waals surface area contributed by atoms with Gasteiger partial charge in [0.2, 0.25) is 5.91 Å². The molecule has 2 heterocycles. The van der Waals surface area contributed by atoms with Crippen LogP contribution in [0.1, 0.15) is 25.3 Å². The van der Waals surface area contributed by atoms with E-state index in [2.05, 4.69) is 22.9 Å². The second kappa shape index (κ2) is 4.39. The number of carbonyl (C=O) groups is 1. The highest BCUT2D eigenvalue weighted by Crippen LogP contribution is 2.21. The van der Waals surface area contributed by atoms with Gasteiger partial charge in [-0.25, -0.2) is 0 Å². The van der Waals surface area contributed by atoms with Gasteiger partial charge in [0.05, 0.1) is 6.26 Å². The Bertz CT molecular complexity index is 361. The minimum Gasteiger partial charge on any atom is -0.457 e. The van der Waals surface area contributed by atoms with E-state index in [1.807, 2.05) is 11.0 Å². The van der Waals surface area contributed by atoms with E-state index in [1.165, 1.54) is 0 Å². The predicted molar refractivity (Wildman–Crippen MR) is 60.2 cm³/mol. The van der Waals surface area contributed by atoms with Gasteiger partial charge in [0, 0.05) is 25.1 Å². The zero-order valence-electron chi connectivity index (χ0n) is 8.70. The zero-order chi connectivity index (χ0) is 10.8. The molecule has 1 amide bonds. The third-order valence-corrected chi connectivity index (χ3v) is 3.18. The highest BCUT2D eigenvalue weighted by Gasteiger charge is 2.23. The molecule has 1 aromatic rings. The first-order valence-corrected chi connectivity index (χ1v) is 5.95. The first kappa shape index (κ1) is 10.7. The summed E-state index contributed by atoms with van der Waals surface area (Å²) in [5.41, 5.74) is 1.05. The van der Waals surface area contributed by atoms with Crippen molar-refractivity contribution in [3.8, 4) is 0 Å². The number of hydrogen-bond donors (Lipinski definition) is 0. The number of likely N-dealkylation sites (tertiary alicyclic amines) is 1. The van der Waals surface area contributed by atoms with Crippen LogP contribution in [0.15, 0.2) is 21.4 Å². The number of rotatable bonds is 2. The molecule has 1 unspecified atom stereocenters. The molecule has 0 radical (unpaired) electrons. The fraction of sp³-hybridized carbons (Fsp3) is 0.545. The zero-order valence-corrected chi connectivity index (χ0v) is 10.3. The van der Waals surface area contributed by atoms with Gasteiger partial charge >= 0.3 is 0 Å². The Labute approximate surface area is 97.6 Å². The van der Waals surface area contributed by atoms with Gasteiger partial charge in [0.1, 0.15) is 0 Å². The molecular formula is C11H14BrNO2. The van der Waals surface area contributed by atoms with E-state index in [0.717, 1.165) is 23.2 Å². The summed E-state index contributed by atoms with van der Waals surface area (Å²) in [4.78, 5) is 13.6. The van der Waals surface area contributed by atoms with Crippen LogP contribution in [0.2, 0.25) is 0 Å². The molecule has 0 aromatic carbocycles. The lowest BCUT2D eigenvalue weighted by Crippen LogP contribution is -2.37. The first-order valence-electron chi connectivity index (χ1n) is 5.16. The lowest BCUT2D eigenvalue weighted by Gasteiger charge is -2.29. The van der Waals surface area contributed by atoms with Gasteiger partial charge in [-0.1, -0.05) is 6.92 Å². The van der Waals surface area contributed by atoms with Crippen molar-refractivity contribution < 1.29 is 9.21 Å². The molecule has 0 saturated carbocycles. The maximum Gasteiger partial charge on any atom is 0.223 e. The van der Waals surface area contributed by atoms with Crippen LogP contribution >= 0.6 is 15.9 Å². The van der Waals surface area contributed by atoms with Crippen molar-refractivity contribution in [1.82, 2.24) is 4.90 Å². The summed E-state index contributed by atoms with van der Waals surface area (Å²) in [5, 5.41) is 0. The molecule has 1 aliphatic rings. The van der Waals surface area contributed by atoms with Crippen molar-refractivity contribution in [1.29, 1.82) is 0 Å². The molecule has 1 aliphatic heterocycles. The summed E-state index contributed by atoms with van der Waals surface area (Å²) < 4.78 is 5.86. The number of hydrogen-bond acceptors (Lipinski definition) is 2. The standard InChI is InChI=1S/C11H14BrNO2/c1-8-2-3-13(11(14)4-8)6-9-5-10(12)15-7-9/h5,7-8H,2-4,6H2,1H3. The Kier molecular flexibility index (Phi) is 3.14. The summed E-state index contributed by atoms with van der Waals surface area (Å²) >= 11 is 3.25. The lowest BCUT2D eigenvalue weighted by molar-refractivity contribution is -0.135. The van der Waals surface area contributed by atoms with E-state index in [0.29, 0.717) is 18.9 Å². The largest absolute Gasteiger partial charge is 0.457 e. The summed E-state index contributed by atoms with van der Waals surface area (Å²) in [5.74, 6) is 0.788. The lowest BCUT2D eigenvalue weighted by atomic mass is 9.98. The number of halogens is 1. The average Bonchev–Trinajstić information content (AvgIpc) is 2.56. The molecule has 3 nitrogen and oxygen atoms in total. The van der Waals surface area contributed by atoms with Crippen molar-refractivity contribution in [2.24, 2.45) is 5.92 Å². The van der Waals surface area contributed by atoms with E-state index in [-0.39, 0.29) is 5.91 Å². The van der Waals surface area contributed by atoms with Crippen molar-refractivity contribution in [3.05, 3.63) is 22.6 Å². The van der Waals surface area contributed by atoms with E-state index in [1.54, 1.807) is 6.26 Å². The molecular weight excluding hydrogens is 258 g/mol. The van der Waals surface area contributed by atoms with E-state index >= 15 is 0 Å². The Morgan fingerprint density at radius 2 is 2.47 bits per heavy atom. The van der Waals surface area contributed by atoms with Crippen molar-refractivity contribution in [2.45, 2.75) is 26.3 Å². The van der Waals surface area contributed by atoms with Crippen molar-refractivity contribution in [3.63, 3.8) is 0 Å². The number of nitrogens with zero attached hydrogens (tertiary/aromatic N) is 1. The molecule has 0 N–H and O–H groups in total. The van der Waals surface area contributed by atoms with Crippen LogP contribution < -0.4 is 0 Å². The summed E-state index contributed by atoms with van der Waals surface area (Å²) in [6.07, 6.45) is 3.47. The molecule has 82 valence electrons. The molecule has 1 saturated heterocycles. The fourth-order valence-electron chi connectivity index (χ4n) is 1.85. The van der Waals surface area contributed by atoms with Crippen molar-refractivity contribution in [2.75, 3.05) is 6.54 Å². The van der Waals surface area contributed by atoms with Gasteiger partial charge in [-0.05, 0) is 34.3 Å². The van der Waals surface area contributed by atoms with Crippen molar-refractivity contribution >= 4 is 21.8 Å². The monoisotopic (exact) mass is 271 g/mol. The molecule has 1 atom stereocenters. The molecule has 15 heavy (non-hydrogen) atoms. The molecule has 0 bridgehead atoms. The summed E-state index contributed by atoms with van der Waals surface area (Å²) in [6.45, 7) is 3.66. The maximum atomic E-state index is 11.7. The molecule has 0 spiro atoms. The van der Waals surface area contributed by atoms with E-state index in [4.69, 9.17) is 4.42 Å². The van der Waals surface area contributed by atoms with Crippen LogP contribution in [0, 0.1) is 5.92 Å². The summed E-state index contributed by atoms with van der Waals surface area (Å²) in [7, 11) is 0. The van der Waals surface area contributed by atoms with E-state index < -0.39 is 0 Å². The Morgan fingerprint density at radius 1 is 1.67 bits per heavy atom. The Hall–Kier alpha value is -0.770. The van der Waals surface area contributed by atoms with Gasteiger partial charge < -0.3 is 9.32 Å². The molecule has 0 aliphatic carbocycles. The third-order valence-electron chi connectivity index (χ3n) is 2.76. The Morgan fingerprint density at radius 3 is 3.07 bits per heavy atom. The van der Waals surface area contributed by atoms with Crippen LogP contribution in [0.4, 0.5) is 0 Å². The third kappa shape index (κ3) is 2.62. The Balaban J connectivity index is 1.97. The normalized spacial score (nSPS) is 22.1. The first-order chi connectivity index (χ1) is 7.15. The second-order valence-corrected chi connectivity index (χ2v) is 4.95. The number of piperidine rings is 1. The number of furan rings is 1. The van der Waals surface area contributed by atoms with Crippen LogP contribution in [-0.4, -0.2) is 17.4 Å². The van der Waals surface area contributed by atoms with Crippen LogP contribution in [-0.2, 0) is 11.3 Å². The number of amides is 1. The topological polar surface area (TPSA) is 33.5 Å². The highest BCUT2D eigenvalue weighted by molar-refractivity contribution is 9.10. The quantitative estimate of drug-likeness (QED) is 0.829. The van der Waals surface area contributed by atoms with Crippen LogP contribution in [0.3, 0.4) is 0 Å². The van der Waals surface area contributed by atoms with Gasteiger partial charge in [-0.15, -0.1) is 0 Å². The summed E-state index contributed by atoms with van der Waals surface area (Å²) in [6, 6.07) is 1.91. The van der Waals surface area contributed by atoms with Crippen LogP contribution in [0.25, 0.3) is 0 Å². The van der Waals surface area contributed by atoms with E-state index in [9.17, 15) is 4.79 Å². The minimum atomic E-state index is 0.256. The predicted octanol–water partition coefficient (Wildman–Crippen LogP) is 2.80. The smallest absolute Gasteiger partial charge is 0.223 e. The molecule has 4 heteroatoms. The number of carbonyl (C=O) groups excluding carboxylic acids is 1. The molecule has 1 aromatic heterocycles. The molecule has 1 fully saturated rings. The van der Waals surface area contributed by atoms with Gasteiger partial charge in [0.25, 0.3) is 0 Å². The maximum absolute atomic E-state index is 11.7.